The van der Waals surface area contributed by atoms with Gasteiger partial charge in [0.1, 0.15) is 5.41 Å². The first kappa shape index (κ1) is 16.2. The Morgan fingerprint density at radius 2 is 1.84 bits per heavy atom. The van der Waals surface area contributed by atoms with E-state index in [1.54, 1.807) is 18.2 Å². The Morgan fingerprint density at radius 1 is 1.12 bits per heavy atom. The van der Waals surface area contributed by atoms with Gasteiger partial charge in [-0.1, -0.05) is 6.92 Å². The molecule has 1 aromatic rings. The molecule has 1 aromatic carbocycles. The van der Waals surface area contributed by atoms with Gasteiger partial charge in [0, 0.05) is 37.9 Å². The van der Waals surface area contributed by atoms with Gasteiger partial charge in [-0.05, 0) is 31.5 Å². The Labute approximate surface area is 146 Å². The molecular weight excluding hydrogens is 322 g/mol. The summed E-state index contributed by atoms with van der Waals surface area (Å²) in [5, 5.41) is 2.88. The number of rotatable bonds is 4. The molecule has 25 heavy (non-hydrogen) atoms. The number of carbonyl (C=O) groups is 2. The number of benzene rings is 1. The van der Waals surface area contributed by atoms with Crippen molar-refractivity contribution in [2.75, 3.05) is 44.8 Å². The highest BCUT2D eigenvalue weighted by Crippen LogP contribution is 2.48. The van der Waals surface area contributed by atoms with Crippen LogP contribution in [-0.2, 0) is 9.59 Å². The smallest absolute Gasteiger partial charge is 0.240 e. The predicted molar refractivity (Wildman–Crippen MR) is 91.6 cm³/mol. The molecule has 1 saturated carbocycles. The number of piperazine rings is 1. The van der Waals surface area contributed by atoms with Gasteiger partial charge in [0.05, 0.1) is 0 Å². The number of hydrogen-bond acceptors (Lipinski definition) is 5. The van der Waals surface area contributed by atoms with E-state index in [-0.39, 0.29) is 18.6 Å². The zero-order valence-corrected chi connectivity index (χ0v) is 14.4. The van der Waals surface area contributed by atoms with Crippen LogP contribution in [0.5, 0.6) is 11.5 Å². The summed E-state index contributed by atoms with van der Waals surface area (Å²) in [6.07, 6.45) is 1.24. The Balaban J connectivity index is 1.42. The second kappa shape index (κ2) is 6.22. The minimum atomic E-state index is -0.884. The topological polar surface area (TPSA) is 71.1 Å². The number of amides is 2. The fourth-order valence-electron chi connectivity index (χ4n) is 3.46. The lowest BCUT2D eigenvalue weighted by Gasteiger charge is -2.35. The third kappa shape index (κ3) is 2.93. The monoisotopic (exact) mass is 345 g/mol. The summed E-state index contributed by atoms with van der Waals surface area (Å²) < 4.78 is 10.6. The average Bonchev–Trinajstić information content (AvgIpc) is 3.33. The molecule has 4 rings (SSSR count). The first-order valence-electron chi connectivity index (χ1n) is 8.85. The molecule has 1 saturated heterocycles. The van der Waals surface area contributed by atoms with E-state index in [2.05, 4.69) is 17.1 Å². The van der Waals surface area contributed by atoms with Crippen molar-refractivity contribution in [2.24, 2.45) is 5.41 Å². The molecule has 0 aromatic heterocycles. The minimum Gasteiger partial charge on any atom is -0.454 e. The lowest BCUT2D eigenvalue weighted by Crippen LogP contribution is -2.52. The molecule has 0 atom stereocenters. The standard InChI is InChI=1S/C18H23N3O4/c1-2-20-7-9-21(10-8-20)17(23)18(5-6-18)16(22)19-13-3-4-14-15(11-13)25-12-24-14/h3-4,11H,2,5-10,12H2,1H3,(H,19,22). The Bertz CT molecular complexity index is 694. The van der Waals surface area contributed by atoms with E-state index in [0.29, 0.717) is 43.1 Å². The van der Waals surface area contributed by atoms with E-state index in [1.807, 2.05) is 4.90 Å². The third-order valence-electron chi connectivity index (χ3n) is 5.33. The molecule has 0 spiro atoms. The van der Waals surface area contributed by atoms with Crippen LogP contribution in [0, 0.1) is 5.41 Å². The molecular formula is C18H23N3O4. The number of anilines is 1. The Morgan fingerprint density at radius 3 is 2.52 bits per heavy atom. The van der Waals surface area contributed by atoms with Gasteiger partial charge in [0.2, 0.25) is 18.6 Å². The van der Waals surface area contributed by atoms with Crippen LogP contribution in [0.25, 0.3) is 0 Å². The van der Waals surface area contributed by atoms with Crippen LogP contribution in [0.2, 0.25) is 0 Å². The molecule has 2 heterocycles. The Kier molecular flexibility index (Phi) is 4.03. The van der Waals surface area contributed by atoms with Gasteiger partial charge in [-0.2, -0.15) is 0 Å². The molecule has 2 amide bonds. The maximum atomic E-state index is 12.9. The normalized spacial score (nSPS) is 21.1. The molecule has 134 valence electrons. The number of ether oxygens (including phenoxy) is 2. The van der Waals surface area contributed by atoms with Crippen molar-refractivity contribution in [3.8, 4) is 11.5 Å². The fourth-order valence-corrected chi connectivity index (χ4v) is 3.46. The van der Waals surface area contributed by atoms with Crippen molar-refractivity contribution in [1.29, 1.82) is 0 Å². The Hall–Kier alpha value is -2.28. The summed E-state index contributed by atoms with van der Waals surface area (Å²) in [5.74, 6) is 1.05. The molecule has 3 aliphatic rings. The molecule has 0 unspecified atom stereocenters. The lowest BCUT2D eigenvalue weighted by molar-refractivity contribution is -0.143. The van der Waals surface area contributed by atoms with Gasteiger partial charge in [-0.25, -0.2) is 0 Å². The third-order valence-corrected chi connectivity index (χ3v) is 5.33. The van der Waals surface area contributed by atoms with Crippen molar-refractivity contribution in [1.82, 2.24) is 9.80 Å². The summed E-state index contributed by atoms with van der Waals surface area (Å²) in [5.41, 5.74) is -0.255. The number of fused-ring (bicyclic) bond motifs is 1. The summed E-state index contributed by atoms with van der Waals surface area (Å²) in [6, 6.07) is 5.27. The maximum Gasteiger partial charge on any atom is 0.240 e. The summed E-state index contributed by atoms with van der Waals surface area (Å²) in [7, 11) is 0. The second-order valence-corrected chi connectivity index (χ2v) is 6.83. The highest BCUT2D eigenvalue weighted by atomic mass is 16.7. The van der Waals surface area contributed by atoms with Crippen molar-refractivity contribution in [2.45, 2.75) is 19.8 Å². The van der Waals surface area contributed by atoms with Crippen LogP contribution in [0.15, 0.2) is 18.2 Å². The first-order chi connectivity index (χ1) is 12.1. The summed E-state index contributed by atoms with van der Waals surface area (Å²) >= 11 is 0. The SMILES string of the molecule is CCN1CCN(C(=O)C2(C(=O)Nc3ccc4c(c3)OCO4)CC2)CC1. The van der Waals surface area contributed by atoms with Crippen LogP contribution in [-0.4, -0.2) is 61.1 Å². The van der Waals surface area contributed by atoms with Gasteiger partial charge >= 0.3 is 0 Å². The molecule has 1 N–H and O–H groups in total. The molecule has 0 bridgehead atoms. The highest BCUT2D eigenvalue weighted by Gasteiger charge is 2.58. The molecule has 2 fully saturated rings. The van der Waals surface area contributed by atoms with Gasteiger partial charge in [-0.15, -0.1) is 0 Å². The van der Waals surface area contributed by atoms with E-state index in [0.717, 1.165) is 19.6 Å². The quantitative estimate of drug-likeness (QED) is 0.833. The van der Waals surface area contributed by atoms with Crippen LogP contribution in [0.4, 0.5) is 5.69 Å². The zero-order valence-electron chi connectivity index (χ0n) is 14.4. The molecule has 7 nitrogen and oxygen atoms in total. The maximum absolute atomic E-state index is 12.9. The average molecular weight is 345 g/mol. The predicted octanol–water partition coefficient (Wildman–Crippen LogP) is 1.30. The number of carbonyl (C=O) groups excluding carboxylic acids is 2. The largest absolute Gasteiger partial charge is 0.454 e. The van der Waals surface area contributed by atoms with Crippen molar-refractivity contribution in [3.63, 3.8) is 0 Å². The number of nitrogens with one attached hydrogen (secondary N) is 1. The van der Waals surface area contributed by atoms with Gasteiger partial charge in [0.15, 0.2) is 11.5 Å². The van der Waals surface area contributed by atoms with E-state index in [9.17, 15) is 9.59 Å². The van der Waals surface area contributed by atoms with Crippen molar-refractivity contribution in [3.05, 3.63) is 18.2 Å². The lowest BCUT2D eigenvalue weighted by atomic mass is 10.0. The van der Waals surface area contributed by atoms with Crippen LogP contribution in [0.1, 0.15) is 19.8 Å². The van der Waals surface area contributed by atoms with E-state index >= 15 is 0 Å². The van der Waals surface area contributed by atoms with Crippen LogP contribution >= 0.6 is 0 Å². The van der Waals surface area contributed by atoms with Gasteiger partial charge in [-0.3, -0.25) is 9.59 Å². The van der Waals surface area contributed by atoms with E-state index < -0.39 is 5.41 Å². The van der Waals surface area contributed by atoms with E-state index in [4.69, 9.17) is 9.47 Å². The second-order valence-electron chi connectivity index (χ2n) is 6.83. The number of nitrogens with zero attached hydrogens (tertiary/aromatic N) is 2. The van der Waals surface area contributed by atoms with E-state index in [1.165, 1.54) is 0 Å². The molecule has 1 aliphatic carbocycles. The highest BCUT2D eigenvalue weighted by molar-refractivity contribution is 6.13. The van der Waals surface area contributed by atoms with Gasteiger partial charge < -0.3 is 24.6 Å². The van der Waals surface area contributed by atoms with Gasteiger partial charge in [0.25, 0.3) is 0 Å². The van der Waals surface area contributed by atoms with Crippen molar-refractivity contribution < 1.29 is 19.1 Å². The summed E-state index contributed by atoms with van der Waals surface area (Å²) in [4.78, 5) is 29.8. The first-order valence-corrected chi connectivity index (χ1v) is 8.85. The number of hydrogen-bond donors (Lipinski definition) is 1. The summed E-state index contributed by atoms with van der Waals surface area (Å²) in [6.45, 7) is 6.47. The molecule has 0 radical (unpaired) electrons. The van der Waals surface area contributed by atoms with Crippen LogP contribution < -0.4 is 14.8 Å². The van der Waals surface area contributed by atoms with Crippen LogP contribution in [0.3, 0.4) is 0 Å². The molecule has 7 heteroatoms. The minimum absolute atomic E-state index is 0.0264. The zero-order chi connectivity index (χ0) is 17.4. The molecule has 2 aliphatic heterocycles. The van der Waals surface area contributed by atoms with Crippen molar-refractivity contribution >= 4 is 17.5 Å². The fraction of sp³-hybridized carbons (Fsp3) is 0.556. The number of likely N-dealkylation sites (N-methyl/N-ethyl adjacent to an activating group) is 1.